The number of rotatable bonds is 2. The van der Waals surface area contributed by atoms with E-state index in [1.807, 2.05) is 24.4 Å². The Kier molecular flexibility index (Phi) is 3.16. The molecule has 0 saturated heterocycles. The molecule has 0 unspecified atom stereocenters. The van der Waals surface area contributed by atoms with E-state index in [0.29, 0.717) is 5.02 Å². The zero-order valence-electron chi connectivity index (χ0n) is 7.71. The van der Waals surface area contributed by atoms with E-state index in [9.17, 15) is 0 Å². The lowest BCUT2D eigenvalue weighted by Gasteiger charge is -2.11. The van der Waals surface area contributed by atoms with Gasteiger partial charge in [0.15, 0.2) is 6.19 Å². The van der Waals surface area contributed by atoms with Crippen molar-refractivity contribution in [2.45, 2.75) is 13.3 Å². The Morgan fingerprint density at radius 1 is 1.54 bits per heavy atom. The summed E-state index contributed by atoms with van der Waals surface area (Å²) < 4.78 is 0. The maximum Gasteiger partial charge on any atom is 0.184 e. The van der Waals surface area contributed by atoms with E-state index in [4.69, 9.17) is 16.9 Å². The van der Waals surface area contributed by atoms with Gasteiger partial charge in [-0.1, -0.05) is 24.6 Å². The molecule has 0 aliphatic heterocycles. The van der Waals surface area contributed by atoms with Crippen LogP contribution in [0.15, 0.2) is 18.2 Å². The molecule has 0 aliphatic rings. The fourth-order valence-electron chi connectivity index (χ4n) is 1.09. The van der Waals surface area contributed by atoms with Gasteiger partial charge in [0, 0.05) is 7.05 Å². The van der Waals surface area contributed by atoms with Gasteiger partial charge in [-0.2, -0.15) is 5.26 Å². The number of aryl methyl sites for hydroxylation is 1. The quantitative estimate of drug-likeness (QED) is 0.535. The minimum Gasteiger partial charge on any atom is -0.281 e. The molecule has 1 aromatic carbocycles. The number of hydrogen-bond acceptors (Lipinski definition) is 2. The van der Waals surface area contributed by atoms with Crippen molar-refractivity contribution in [2.75, 3.05) is 11.9 Å². The Morgan fingerprint density at radius 3 is 2.77 bits per heavy atom. The first-order chi connectivity index (χ1) is 6.19. The van der Waals surface area contributed by atoms with E-state index in [0.717, 1.165) is 12.1 Å². The molecule has 0 N–H and O–H groups in total. The van der Waals surface area contributed by atoms with Crippen molar-refractivity contribution in [1.82, 2.24) is 0 Å². The minimum atomic E-state index is 0.612. The Balaban J connectivity index is 3.12. The lowest BCUT2D eigenvalue weighted by Crippen LogP contribution is -2.08. The van der Waals surface area contributed by atoms with Gasteiger partial charge in [0.2, 0.25) is 0 Å². The third-order valence-electron chi connectivity index (χ3n) is 1.93. The van der Waals surface area contributed by atoms with E-state index >= 15 is 0 Å². The number of halogens is 1. The topological polar surface area (TPSA) is 27.0 Å². The summed E-state index contributed by atoms with van der Waals surface area (Å²) in [7, 11) is 1.70. The predicted molar refractivity (Wildman–Crippen MR) is 54.8 cm³/mol. The zero-order valence-corrected chi connectivity index (χ0v) is 8.47. The van der Waals surface area contributed by atoms with Crippen LogP contribution in [0.5, 0.6) is 0 Å². The monoisotopic (exact) mass is 194 g/mol. The molecule has 2 nitrogen and oxygen atoms in total. The maximum atomic E-state index is 8.69. The molecular weight excluding hydrogens is 184 g/mol. The van der Waals surface area contributed by atoms with Crippen molar-refractivity contribution in [3.63, 3.8) is 0 Å². The fourth-order valence-corrected chi connectivity index (χ4v) is 1.33. The van der Waals surface area contributed by atoms with E-state index in [1.165, 1.54) is 10.5 Å². The third kappa shape index (κ3) is 2.13. The van der Waals surface area contributed by atoms with Gasteiger partial charge in [-0.15, -0.1) is 0 Å². The predicted octanol–water partition coefficient (Wildman–Crippen LogP) is 2.82. The highest BCUT2D eigenvalue weighted by atomic mass is 35.5. The average molecular weight is 195 g/mol. The number of hydrogen-bond donors (Lipinski definition) is 0. The van der Waals surface area contributed by atoms with Crippen LogP contribution in [0.1, 0.15) is 12.5 Å². The highest BCUT2D eigenvalue weighted by Crippen LogP contribution is 2.25. The number of nitrogens with zero attached hydrogens (tertiary/aromatic N) is 2. The summed E-state index contributed by atoms with van der Waals surface area (Å²) in [5.41, 5.74) is 1.95. The second kappa shape index (κ2) is 4.15. The summed E-state index contributed by atoms with van der Waals surface area (Å²) >= 11 is 5.93. The van der Waals surface area contributed by atoms with E-state index in [2.05, 4.69) is 6.92 Å². The van der Waals surface area contributed by atoms with E-state index < -0.39 is 0 Å². The molecule has 68 valence electrons. The average Bonchev–Trinajstić information content (AvgIpc) is 2.17. The van der Waals surface area contributed by atoms with E-state index in [1.54, 1.807) is 7.05 Å². The highest BCUT2D eigenvalue weighted by molar-refractivity contribution is 6.33. The first kappa shape index (κ1) is 9.88. The third-order valence-corrected chi connectivity index (χ3v) is 2.25. The Bertz CT molecular complexity index is 341. The summed E-state index contributed by atoms with van der Waals surface area (Å²) in [5.74, 6) is 0. The SMILES string of the molecule is CCc1ccc(Cl)c(N(C)C#N)c1. The van der Waals surface area contributed by atoms with Gasteiger partial charge in [-0.25, -0.2) is 0 Å². The Hall–Kier alpha value is -1.20. The van der Waals surface area contributed by atoms with Crippen molar-refractivity contribution in [3.05, 3.63) is 28.8 Å². The van der Waals surface area contributed by atoms with Crippen LogP contribution < -0.4 is 4.90 Å². The number of benzene rings is 1. The maximum absolute atomic E-state index is 8.69. The van der Waals surface area contributed by atoms with Crippen molar-refractivity contribution in [3.8, 4) is 6.19 Å². The van der Waals surface area contributed by atoms with Crippen molar-refractivity contribution in [2.24, 2.45) is 0 Å². The van der Waals surface area contributed by atoms with Gasteiger partial charge in [-0.3, -0.25) is 4.90 Å². The standard InChI is InChI=1S/C10H11ClN2/c1-3-8-4-5-9(11)10(6-8)13(2)7-12/h4-6H,3H2,1-2H3. The van der Waals surface area contributed by atoms with Crippen LogP contribution in [0.3, 0.4) is 0 Å². The van der Waals surface area contributed by atoms with Gasteiger partial charge >= 0.3 is 0 Å². The van der Waals surface area contributed by atoms with Crippen LogP contribution in [0.25, 0.3) is 0 Å². The fraction of sp³-hybridized carbons (Fsp3) is 0.300. The molecule has 0 radical (unpaired) electrons. The van der Waals surface area contributed by atoms with Gasteiger partial charge < -0.3 is 0 Å². The minimum absolute atomic E-state index is 0.612. The summed E-state index contributed by atoms with van der Waals surface area (Å²) in [6, 6.07) is 5.73. The van der Waals surface area contributed by atoms with Crippen LogP contribution >= 0.6 is 11.6 Å². The second-order valence-electron chi connectivity index (χ2n) is 2.80. The summed E-state index contributed by atoms with van der Waals surface area (Å²) in [5, 5.41) is 9.31. The molecule has 0 saturated carbocycles. The van der Waals surface area contributed by atoms with Crippen molar-refractivity contribution in [1.29, 1.82) is 5.26 Å². The Labute approximate surface area is 83.3 Å². The Morgan fingerprint density at radius 2 is 2.23 bits per heavy atom. The molecule has 3 heteroatoms. The van der Waals surface area contributed by atoms with Gasteiger partial charge in [-0.05, 0) is 24.1 Å². The lowest BCUT2D eigenvalue weighted by atomic mass is 10.1. The first-order valence-corrected chi connectivity index (χ1v) is 4.48. The van der Waals surface area contributed by atoms with Crippen LogP contribution in [0.2, 0.25) is 5.02 Å². The van der Waals surface area contributed by atoms with Gasteiger partial charge in [0.1, 0.15) is 0 Å². The first-order valence-electron chi connectivity index (χ1n) is 4.11. The molecule has 0 fully saturated rings. The molecule has 0 spiro atoms. The summed E-state index contributed by atoms with van der Waals surface area (Å²) in [6.45, 7) is 2.07. The summed E-state index contributed by atoms with van der Waals surface area (Å²) in [4.78, 5) is 1.46. The number of nitriles is 1. The molecule has 1 rings (SSSR count). The molecule has 0 bridgehead atoms. The van der Waals surface area contributed by atoms with Crippen LogP contribution in [0.4, 0.5) is 5.69 Å². The van der Waals surface area contributed by atoms with Crippen LogP contribution in [-0.2, 0) is 6.42 Å². The number of anilines is 1. The highest BCUT2D eigenvalue weighted by Gasteiger charge is 2.05. The zero-order chi connectivity index (χ0) is 9.84. The molecule has 0 atom stereocenters. The molecule has 13 heavy (non-hydrogen) atoms. The molecule has 0 heterocycles. The smallest absolute Gasteiger partial charge is 0.184 e. The molecule has 1 aromatic rings. The second-order valence-corrected chi connectivity index (χ2v) is 3.21. The largest absolute Gasteiger partial charge is 0.281 e. The van der Waals surface area contributed by atoms with Crippen LogP contribution in [-0.4, -0.2) is 7.05 Å². The van der Waals surface area contributed by atoms with Crippen molar-refractivity contribution < 1.29 is 0 Å². The molecule has 0 aliphatic carbocycles. The molecule has 0 amide bonds. The molecule has 0 aromatic heterocycles. The lowest BCUT2D eigenvalue weighted by molar-refractivity contribution is 1.12. The molecular formula is C10H11ClN2. The normalized spacial score (nSPS) is 9.38. The van der Waals surface area contributed by atoms with Gasteiger partial charge in [0.05, 0.1) is 10.7 Å². The van der Waals surface area contributed by atoms with E-state index in [-0.39, 0.29) is 0 Å². The van der Waals surface area contributed by atoms with Crippen molar-refractivity contribution >= 4 is 17.3 Å². The van der Waals surface area contributed by atoms with Crippen LogP contribution in [0, 0.1) is 11.5 Å². The summed E-state index contributed by atoms with van der Waals surface area (Å²) in [6.07, 6.45) is 2.97. The van der Waals surface area contributed by atoms with Gasteiger partial charge in [0.25, 0.3) is 0 Å².